The average molecular weight is 486 g/mol. The lowest BCUT2D eigenvalue weighted by molar-refractivity contribution is 0.0849. The fourth-order valence-electron chi connectivity index (χ4n) is 3.51. The SMILES string of the molecule is CCOc1ccc(S(=O)(=O)Nc2cccc(C(=O)NNC(=O)c3cc4c(s3)CCC4)c2)cc1. The Balaban J connectivity index is 1.39. The zero-order valence-corrected chi connectivity index (χ0v) is 19.5. The normalized spacial score (nSPS) is 12.6. The van der Waals surface area contributed by atoms with Gasteiger partial charge >= 0.3 is 0 Å². The molecule has 1 aromatic heterocycles. The number of anilines is 1. The van der Waals surface area contributed by atoms with Crippen molar-refractivity contribution in [3.63, 3.8) is 0 Å². The topological polar surface area (TPSA) is 114 Å². The molecule has 0 bridgehead atoms. The van der Waals surface area contributed by atoms with Crippen LogP contribution in [0.5, 0.6) is 5.75 Å². The van der Waals surface area contributed by atoms with Crippen LogP contribution in [0, 0.1) is 0 Å². The number of amides is 2. The molecule has 3 aromatic rings. The van der Waals surface area contributed by atoms with E-state index >= 15 is 0 Å². The Morgan fingerprint density at radius 2 is 1.76 bits per heavy atom. The van der Waals surface area contributed by atoms with Crippen LogP contribution in [0.1, 0.15) is 43.8 Å². The molecule has 0 atom stereocenters. The van der Waals surface area contributed by atoms with Gasteiger partial charge in [-0.3, -0.25) is 25.2 Å². The monoisotopic (exact) mass is 485 g/mol. The van der Waals surface area contributed by atoms with E-state index in [1.807, 2.05) is 13.0 Å². The highest BCUT2D eigenvalue weighted by molar-refractivity contribution is 7.92. The predicted octanol–water partition coefficient (Wildman–Crippen LogP) is 3.51. The molecule has 2 aromatic carbocycles. The van der Waals surface area contributed by atoms with Crippen molar-refractivity contribution >= 4 is 38.9 Å². The van der Waals surface area contributed by atoms with Gasteiger partial charge in [0.25, 0.3) is 21.8 Å². The van der Waals surface area contributed by atoms with Crippen molar-refractivity contribution in [1.29, 1.82) is 0 Å². The lowest BCUT2D eigenvalue weighted by atomic mass is 10.2. The second kappa shape index (κ2) is 9.63. The van der Waals surface area contributed by atoms with E-state index in [0.29, 0.717) is 17.2 Å². The third-order valence-electron chi connectivity index (χ3n) is 5.08. The second-order valence-corrected chi connectivity index (χ2v) is 10.2. The van der Waals surface area contributed by atoms with E-state index < -0.39 is 15.9 Å². The first-order valence-corrected chi connectivity index (χ1v) is 12.7. The Bertz CT molecular complexity index is 1260. The minimum atomic E-state index is -3.85. The first-order valence-electron chi connectivity index (χ1n) is 10.4. The van der Waals surface area contributed by atoms with Crippen LogP contribution >= 0.6 is 11.3 Å². The van der Waals surface area contributed by atoms with Gasteiger partial charge in [-0.05, 0) is 80.3 Å². The number of hydrogen-bond acceptors (Lipinski definition) is 6. The molecule has 0 spiro atoms. The number of thiophene rings is 1. The van der Waals surface area contributed by atoms with Gasteiger partial charge in [0, 0.05) is 16.1 Å². The van der Waals surface area contributed by atoms with Gasteiger partial charge in [-0.2, -0.15) is 0 Å². The smallest absolute Gasteiger partial charge is 0.279 e. The van der Waals surface area contributed by atoms with Crippen molar-refractivity contribution in [2.24, 2.45) is 0 Å². The summed E-state index contributed by atoms with van der Waals surface area (Å²) in [6.45, 7) is 2.32. The Hall–Kier alpha value is -3.37. The summed E-state index contributed by atoms with van der Waals surface area (Å²) in [5.74, 6) is -0.367. The largest absolute Gasteiger partial charge is 0.494 e. The van der Waals surface area contributed by atoms with Gasteiger partial charge in [-0.25, -0.2) is 8.42 Å². The molecule has 0 aliphatic heterocycles. The van der Waals surface area contributed by atoms with E-state index in [4.69, 9.17) is 4.74 Å². The Morgan fingerprint density at radius 1 is 1.00 bits per heavy atom. The summed E-state index contributed by atoms with van der Waals surface area (Å²) in [5.41, 5.74) is 6.40. The molecule has 4 rings (SSSR count). The molecule has 8 nitrogen and oxygen atoms in total. The Morgan fingerprint density at radius 3 is 2.48 bits per heavy atom. The second-order valence-electron chi connectivity index (χ2n) is 7.41. The number of aryl methyl sites for hydroxylation is 2. The molecule has 10 heteroatoms. The zero-order chi connectivity index (χ0) is 23.4. The van der Waals surface area contributed by atoms with Gasteiger partial charge in [0.2, 0.25) is 0 Å². The molecule has 0 unspecified atom stereocenters. The molecule has 0 saturated heterocycles. The van der Waals surface area contributed by atoms with Crippen molar-refractivity contribution in [3.8, 4) is 5.75 Å². The van der Waals surface area contributed by atoms with Crippen molar-refractivity contribution in [1.82, 2.24) is 10.9 Å². The first-order chi connectivity index (χ1) is 15.9. The number of rotatable bonds is 7. The first kappa shape index (κ1) is 22.8. The van der Waals surface area contributed by atoms with Crippen molar-refractivity contribution in [3.05, 3.63) is 75.5 Å². The summed E-state index contributed by atoms with van der Waals surface area (Å²) in [6, 6.07) is 13.9. The van der Waals surface area contributed by atoms with Gasteiger partial charge in [-0.15, -0.1) is 11.3 Å². The van der Waals surface area contributed by atoms with E-state index in [2.05, 4.69) is 15.6 Å². The molecule has 1 aliphatic carbocycles. The maximum Gasteiger partial charge on any atom is 0.279 e. The third kappa shape index (κ3) is 5.35. The maximum atomic E-state index is 12.7. The fourth-order valence-corrected chi connectivity index (χ4v) is 5.71. The molecule has 1 heterocycles. The van der Waals surface area contributed by atoms with Crippen LogP contribution in [0.2, 0.25) is 0 Å². The van der Waals surface area contributed by atoms with Gasteiger partial charge in [0.15, 0.2) is 0 Å². The van der Waals surface area contributed by atoms with Gasteiger partial charge in [-0.1, -0.05) is 6.07 Å². The average Bonchev–Trinajstić information content (AvgIpc) is 3.40. The number of sulfonamides is 1. The summed E-state index contributed by atoms with van der Waals surface area (Å²) in [6.07, 6.45) is 3.07. The lowest BCUT2D eigenvalue weighted by Gasteiger charge is -2.11. The van der Waals surface area contributed by atoms with Crippen LogP contribution in [0.3, 0.4) is 0 Å². The summed E-state index contributed by atoms with van der Waals surface area (Å²) in [7, 11) is -3.85. The fraction of sp³-hybridized carbons (Fsp3) is 0.217. The molecular formula is C23H23N3O5S2. The van der Waals surface area contributed by atoms with Gasteiger partial charge in [0.1, 0.15) is 5.75 Å². The van der Waals surface area contributed by atoms with Gasteiger partial charge < -0.3 is 4.74 Å². The number of hydrogen-bond donors (Lipinski definition) is 3. The molecule has 3 N–H and O–H groups in total. The number of carbonyl (C=O) groups excluding carboxylic acids is 2. The number of nitrogens with one attached hydrogen (secondary N) is 3. The van der Waals surface area contributed by atoms with E-state index in [1.54, 1.807) is 18.2 Å². The molecule has 1 aliphatic rings. The van der Waals surface area contributed by atoms with Crippen LogP contribution in [0.4, 0.5) is 5.69 Å². The molecule has 0 fully saturated rings. The van der Waals surface area contributed by atoms with Crippen LogP contribution in [-0.4, -0.2) is 26.8 Å². The highest BCUT2D eigenvalue weighted by Crippen LogP contribution is 2.30. The summed E-state index contributed by atoms with van der Waals surface area (Å²) in [4.78, 5) is 26.7. The predicted molar refractivity (Wildman–Crippen MR) is 126 cm³/mol. The highest BCUT2D eigenvalue weighted by atomic mass is 32.2. The molecule has 0 radical (unpaired) electrons. The Kier molecular flexibility index (Phi) is 6.66. The molecule has 172 valence electrons. The zero-order valence-electron chi connectivity index (χ0n) is 17.9. The maximum absolute atomic E-state index is 12.7. The van der Waals surface area contributed by atoms with Crippen molar-refractivity contribution in [2.75, 3.05) is 11.3 Å². The molecule has 2 amide bonds. The van der Waals surface area contributed by atoms with E-state index in [9.17, 15) is 18.0 Å². The quantitative estimate of drug-likeness (QED) is 0.443. The molecule has 0 saturated carbocycles. The third-order valence-corrected chi connectivity index (χ3v) is 7.72. The van der Waals surface area contributed by atoms with E-state index in [1.165, 1.54) is 52.1 Å². The lowest BCUT2D eigenvalue weighted by Crippen LogP contribution is -2.41. The number of fused-ring (bicyclic) bond motifs is 1. The van der Waals surface area contributed by atoms with Crippen molar-refractivity contribution in [2.45, 2.75) is 31.1 Å². The minimum Gasteiger partial charge on any atom is -0.494 e. The van der Waals surface area contributed by atoms with Crippen molar-refractivity contribution < 1.29 is 22.7 Å². The molecular weight excluding hydrogens is 462 g/mol. The minimum absolute atomic E-state index is 0.0657. The summed E-state index contributed by atoms with van der Waals surface area (Å²) in [5, 5.41) is 0. The summed E-state index contributed by atoms with van der Waals surface area (Å²) >= 11 is 1.44. The summed E-state index contributed by atoms with van der Waals surface area (Å²) < 4.78 is 33.1. The Labute approximate surface area is 196 Å². The highest BCUT2D eigenvalue weighted by Gasteiger charge is 2.19. The molecule has 33 heavy (non-hydrogen) atoms. The van der Waals surface area contributed by atoms with E-state index in [0.717, 1.165) is 19.3 Å². The number of benzene rings is 2. The standard InChI is InChI=1S/C23H23N3O5S2/c1-2-31-18-9-11-19(12-10-18)33(29,30)26-17-7-3-6-16(13-17)22(27)24-25-23(28)21-14-15-5-4-8-20(15)32-21/h3,6-7,9-14,26H,2,4-5,8H2,1H3,(H,24,27)(H,25,28). The van der Waals surface area contributed by atoms with Crippen LogP contribution in [0.15, 0.2) is 59.5 Å². The van der Waals surface area contributed by atoms with Gasteiger partial charge in [0.05, 0.1) is 16.4 Å². The number of ether oxygens (including phenoxy) is 1. The van der Waals surface area contributed by atoms with Crippen LogP contribution < -0.4 is 20.3 Å². The van der Waals surface area contributed by atoms with Crippen LogP contribution in [-0.2, 0) is 22.9 Å². The van der Waals surface area contributed by atoms with E-state index in [-0.39, 0.29) is 22.1 Å². The number of carbonyl (C=O) groups is 2. The van der Waals surface area contributed by atoms with Crippen LogP contribution in [0.25, 0.3) is 0 Å². The number of hydrazine groups is 1.